The average Bonchev–Trinajstić information content (AvgIpc) is 3.07. The third kappa shape index (κ3) is 2.32. The molecule has 0 aliphatic carbocycles. The highest BCUT2D eigenvalue weighted by molar-refractivity contribution is 6.08. The number of ether oxygens (including phenoxy) is 1. The molecule has 0 bridgehead atoms. The third-order valence-corrected chi connectivity index (χ3v) is 3.97. The first-order valence-electron chi connectivity index (χ1n) is 6.92. The smallest absolute Gasteiger partial charge is 0.172 e. The van der Waals surface area contributed by atoms with E-state index >= 15 is 0 Å². The first-order chi connectivity index (χ1) is 11.0. The Morgan fingerprint density at radius 3 is 2.74 bits per heavy atom. The van der Waals surface area contributed by atoms with Gasteiger partial charge in [-0.3, -0.25) is 0 Å². The maximum Gasteiger partial charge on any atom is 0.172 e. The van der Waals surface area contributed by atoms with Crippen LogP contribution in [0.4, 0.5) is 0 Å². The lowest BCUT2D eigenvalue weighted by Gasteiger charge is -2.17. The second-order valence-electron chi connectivity index (χ2n) is 5.32. The Morgan fingerprint density at radius 2 is 2.13 bits per heavy atom. The molecule has 10 nitrogen and oxygen atoms in total. The number of nitrogens with two attached hydrogens (primary N) is 1. The van der Waals surface area contributed by atoms with E-state index in [0.29, 0.717) is 22.3 Å². The van der Waals surface area contributed by atoms with Crippen LogP contribution in [0.2, 0.25) is 0 Å². The zero-order valence-electron chi connectivity index (χ0n) is 12.2. The number of amidine groups is 1. The fourth-order valence-electron chi connectivity index (χ4n) is 2.79. The van der Waals surface area contributed by atoms with Gasteiger partial charge in [-0.1, -0.05) is 5.16 Å². The van der Waals surface area contributed by atoms with E-state index < -0.39 is 31.1 Å². The van der Waals surface area contributed by atoms with Crippen LogP contribution in [0.15, 0.2) is 17.7 Å². The van der Waals surface area contributed by atoms with E-state index in [1.54, 1.807) is 6.92 Å². The summed E-state index contributed by atoms with van der Waals surface area (Å²) in [5.74, 6) is -0.140. The molecule has 3 rings (SSSR count). The summed E-state index contributed by atoms with van der Waals surface area (Å²) in [6, 6.07) is 0. The lowest BCUT2D eigenvalue weighted by molar-refractivity contribution is -0.0508. The number of aryl methyl sites for hydroxylation is 1. The second kappa shape index (κ2) is 5.74. The zero-order valence-corrected chi connectivity index (χ0v) is 12.2. The molecule has 2 aromatic heterocycles. The summed E-state index contributed by atoms with van der Waals surface area (Å²) in [5, 5.41) is 41.8. The maximum atomic E-state index is 10.2. The molecule has 1 aliphatic rings. The van der Waals surface area contributed by atoms with Crippen molar-refractivity contribution in [1.29, 1.82) is 0 Å². The van der Waals surface area contributed by atoms with Crippen LogP contribution in [0.25, 0.3) is 11.0 Å². The average molecular weight is 323 g/mol. The summed E-state index contributed by atoms with van der Waals surface area (Å²) >= 11 is 0. The highest BCUT2D eigenvalue weighted by Crippen LogP contribution is 2.33. The Hall–Kier alpha value is -2.27. The van der Waals surface area contributed by atoms with Crippen LogP contribution in [-0.4, -0.2) is 65.8 Å². The Kier molecular flexibility index (Phi) is 3.90. The first-order valence-corrected chi connectivity index (χ1v) is 6.92. The topological polar surface area (TPSA) is 159 Å². The minimum atomic E-state index is -1.27. The van der Waals surface area contributed by atoms with Gasteiger partial charge in [0.1, 0.15) is 30.3 Å². The molecule has 2 aromatic rings. The molecule has 6 N–H and O–H groups in total. The Labute approximate surface area is 130 Å². The number of oxime groups is 1. The Morgan fingerprint density at radius 1 is 1.39 bits per heavy atom. The minimum Gasteiger partial charge on any atom is -0.409 e. The van der Waals surface area contributed by atoms with Gasteiger partial charge in [-0.25, -0.2) is 9.97 Å². The summed E-state index contributed by atoms with van der Waals surface area (Å²) in [6.07, 6.45) is -1.55. The SMILES string of the molecule is Cc1ncnc2c1c(/C(N)=N\O)cn2[C@@H]1OC(CO)C(O)[C@H]1O. The van der Waals surface area contributed by atoms with Crippen molar-refractivity contribution in [3.8, 4) is 0 Å². The Balaban J connectivity index is 2.18. The van der Waals surface area contributed by atoms with E-state index in [4.69, 9.17) is 15.7 Å². The number of hydrogen-bond donors (Lipinski definition) is 5. The van der Waals surface area contributed by atoms with E-state index in [1.807, 2.05) is 0 Å². The summed E-state index contributed by atoms with van der Waals surface area (Å²) in [7, 11) is 0. The van der Waals surface area contributed by atoms with Gasteiger partial charge in [0.25, 0.3) is 0 Å². The highest BCUT2D eigenvalue weighted by Gasteiger charge is 2.44. The molecule has 3 heterocycles. The third-order valence-electron chi connectivity index (χ3n) is 3.97. The van der Waals surface area contributed by atoms with Crippen molar-refractivity contribution in [2.24, 2.45) is 10.9 Å². The van der Waals surface area contributed by atoms with E-state index in [0.717, 1.165) is 0 Å². The number of aromatic nitrogens is 3. The van der Waals surface area contributed by atoms with Crippen molar-refractivity contribution in [2.45, 2.75) is 31.5 Å². The van der Waals surface area contributed by atoms with Crippen molar-refractivity contribution in [3.05, 3.63) is 23.8 Å². The summed E-state index contributed by atoms with van der Waals surface area (Å²) in [4.78, 5) is 8.24. The second-order valence-corrected chi connectivity index (χ2v) is 5.32. The van der Waals surface area contributed by atoms with Gasteiger partial charge in [0.2, 0.25) is 0 Å². The van der Waals surface area contributed by atoms with Gasteiger partial charge in [-0.05, 0) is 6.92 Å². The standard InChI is InChI=1S/C13H17N5O5/c1-5-8-6(11(14)17-22)2-18(12(8)16-4-15-5)13-10(21)9(20)7(3-19)23-13/h2,4,7,9-10,13,19-22H,3H2,1H3,(H2,14,17)/t7?,9?,10-,13-/m1/s1. The van der Waals surface area contributed by atoms with Crippen molar-refractivity contribution < 1.29 is 25.3 Å². The predicted octanol–water partition coefficient (Wildman–Crippen LogP) is -1.55. The zero-order chi connectivity index (χ0) is 16.7. The van der Waals surface area contributed by atoms with E-state index in [-0.39, 0.29) is 5.84 Å². The molecule has 0 aromatic carbocycles. The van der Waals surface area contributed by atoms with Gasteiger partial charge in [-0.2, -0.15) is 0 Å². The number of aliphatic hydroxyl groups is 3. The van der Waals surface area contributed by atoms with Crippen LogP contribution in [0, 0.1) is 6.92 Å². The summed E-state index contributed by atoms with van der Waals surface area (Å²) in [5.41, 5.74) is 7.06. The molecular weight excluding hydrogens is 306 g/mol. The van der Waals surface area contributed by atoms with E-state index in [1.165, 1.54) is 17.1 Å². The number of fused-ring (bicyclic) bond motifs is 1. The van der Waals surface area contributed by atoms with Crippen LogP contribution < -0.4 is 5.73 Å². The van der Waals surface area contributed by atoms with Gasteiger partial charge in [-0.15, -0.1) is 0 Å². The maximum absolute atomic E-state index is 10.2. The molecule has 23 heavy (non-hydrogen) atoms. The van der Waals surface area contributed by atoms with Gasteiger partial charge in [0.05, 0.1) is 17.7 Å². The van der Waals surface area contributed by atoms with Crippen LogP contribution in [0.5, 0.6) is 0 Å². The van der Waals surface area contributed by atoms with Crippen LogP contribution >= 0.6 is 0 Å². The molecule has 1 aliphatic heterocycles. The molecule has 0 amide bonds. The highest BCUT2D eigenvalue weighted by atomic mass is 16.6. The van der Waals surface area contributed by atoms with Crippen molar-refractivity contribution >= 4 is 16.9 Å². The lowest BCUT2D eigenvalue weighted by atomic mass is 10.1. The first kappa shape index (κ1) is 15.6. The fraction of sp³-hybridized carbons (Fsp3) is 0.462. The number of rotatable bonds is 3. The van der Waals surface area contributed by atoms with Crippen LogP contribution in [0.1, 0.15) is 17.5 Å². The monoisotopic (exact) mass is 323 g/mol. The fourth-order valence-corrected chi connectivity index (χ4v) is 2.79. The quantitative estimate of drug-likeness (QED) is 0.196. The van der Waals surface area contributed by atoms with Gasteiger partial charge < -0.3 is 35.6 Å². The minimum absolute atomic E-state index is 0.140. The van der Waals surface area contributed by atoms with Crippen LogP contribution in [0.3, 0.4) is 0 Å². The number of nitrogens with zero attached hydrogens (tertiary/aromatic N) is 4. The van der Waals surface area contributed by atoms with Crippen molar-refractivity contribution in [1.82, 2.24) is 14.5 Å². The molecule has 124 valence electrons. The summed E-state index contributed by atoms with van der Waals surface area (Å²) in [6.45, 7) is 1.30. The molecule has 4 atom stereocenters. The Bertz CT molecular complexity index is 761. The lowest BCUT2D eigenvalue weighted by Crippen LogP contribution is -2.33. The molecule has 1 fully saturated rings. The molecule has 0 spiro atoms. The van der Waals surface area contributed by atoms with Gasteiger partial charge in [0, 0.05) is 11.8 Å². The van der Waals surface area contributed by atoms with E-state index in [9.17, 15) is 15.3 Å². The van der Waals surface area contributed by atoms with Crippen molar-refractivity contribution in [2.75, 3.05) is 6.61 Å². The largest absolute Gasteiger partial charge is 0.409 e. The van der Waals surface area contributed by atoms with Crippen molar-refractivity contribution in [3.63, 3.8) is 0 Å². The molecule has 2 unspecified atom stereocenters. The normalized spacial score (nSPS) is 28.6. The molecule has 1 saturated heterocycles. The molecular formula is C13H17N5O5. The molecule has 0 saturated carbocycles. The van der Waals surface area contributed by atoms with E-state index in [2.05, 4.69) is 15.1 Å². The van der Waals surface area contributed by atoms with Crippen LogP contribution in [-0.2, 0) is 4.74 Å². The number of aliphatic hydroxyl groups excluding tert-OH is 3. The van der Waals surface area contributed by atoms with Gasteiger partial charge in [0.15, 0.2) is 12.1 Å². The molecule has 10 heteroatoms. The summed E-state index contributed by atoms with van der Waals surface area (Å²) < 4.78 is 6.98. The predicted molar refractivity (Wildman–Crippen MR) is 77.8 cm³/mol. The number of hydrogen-bond acceptors (Lipinski definition) is 8. The molecule has 0 radical (unpaired) electrons. The van der Waals surface area contributed by atoms with Gasteiger partial charge >= 0.3 is 0 Å².